The number of likely N-dealkylation sites (tertiary alicyclic amines) is 3. The van der Waals surface area contributed by atoms with Crippen LogP contribution in [-0.4, -0.2) is 118 Å². The van der Waals surface area contributed by atoms with Gasteiger partial charge in [0, 0.05) is 61.0 Å². The average Bonchev–Trinajstić information content (AvgIpc) is 3.83. The Hall–Kier alpha value is -3.64. The Labute approximate surface area is 314 Å². The average molecular weight is 731 g/mol. The number of piperidine rings is 2. The van der Waals surface area contributed by atoms with Crippen LogP contribution in [0.15, 0.2) is 24.5 Å². The molecule has 8 rings (SSSR count). The Bertz CT molecular complexity index is 1660. The summed E-state index contributed by atoms with van der Waals surface area (Å²) in [6, 6.07) is 4.77. The number of ether oxygens (including phenoxy) is 3. The van der Waals surface area contributed by atoms with Crippen molar-refractivity contribution < 1.29 is 28.6 Å². The van der Waals surface area contributed by atoms with Crippen molar-refractivity contribution in [2.24, 2.45) is 5.92 Å². The van der Waals surface area contributed by atoms with Crippen molar-refractivity contribution in [2.45, 2.75) is 134 Å². The third-order valence-electron chi connectivity index (χ3n) is 12.1. The second-order valence-electron chi connectivity index (χ2n) is 17.4. The minimum absolute atomic E-state index is 0.0427. The molecule has 0 radical (unpaired) electrons. The zero-order chi connectivity index (χ0) is 36.9. The summed E-state index contributed by atoms with van der Waals surface area (Å²) in [5.41, 5.74) is 3.84. The summed E-state index contributed by atoms with van der Waals surface area (Å²) in [7, 11) is 0. The fraction of sp³-hybridized carbons (Fsp3) is 0.707. The third-order valence-corrected chi connectivity index (χ3v) is 12.1. The van der Waals surface area contributed by atoms with Crippen LogP contribution < -0.4 is 9.64 Å². The van der Waals surface area contributed by atoms with Crippen LogP contribution in [0.2, 0.25) is 0 Å². The Kier molecular flexibility index (Phi) is 10.2. The van der Waals surface area contributed by atoms with Crippen LogP contribution in [0.25, 0.3) is 11.1 Å². The smallest absolute Gasteiger partial charge is 0.410 e. The molecular formula is C41H58N6O6. The van der Waals surface area contributed by atoms with E-state index in [4.69, 9.17) is 19.3 Å². The lowest BCUT2D eigenvalue weighted by atomic mass is 9.91. The molecule has 2 saturated carbocycles. The van der Waals surface area contributed by atoms with Gasteiger partial charge < -0.3 is 28.9 Å². The molecule has 6 aliphatic rings. The lowest BCUT2D eigenvalue weighted by Gasteiger charge is -2.42. The summed E-state index contributed by atoms with van der Waals surface area (Å²) >= 11 is 0. The molecule has 4 aliphatic heterocycles. The van der Waals surface area contributed by atoms with Gasteiger partial charge in [0.2, 0.25) is 11.8 Å². The van der Waals surface area contributed by atoms with Crippen molar-refractivity contribution in [3.05, 3.63) is 30.1 Å². The van der Waals surface area contributed by atoms with Crippen LogP contribution in [0.3, 0.4) is 0 Å². The van der Waals surface area contributed by atoms with Gasteiger partial charge in [-0.25, -0.2) is 4.79 Å². The van der Waals surface area contributed by atoms with Crippen LogP contribution in [0.4, 0.5) is 10.5 Å². The highest BCUT2D eigenvalue weighted by Crippen LogP contribution is 2.46. The maximum Gasteiger partial charge on any atom is 0.410 e. The van der Waals surface area contributed by atoms with Crippen molar-refractivity contribution in [1.82, 2.24) is 24.5 Å². The molecule has 0 unspecified atom stereocenters. The first-order valence-corrected chi connectivity index (χ1v) is 20.3. The quantitative estimate of drug-likeness (QED) is 0.318. The third kappa shape index (κ3) is 8.09. The van der Waals surface area contributed by atoms with Crippen molar-refractivity contribution in [2.75, 3.05) is 50.7 Å². The number of hydrogen-bond donors (Lipinski definition) is 0. The molecule has 2 aromatic rings. The molecule has 0 N–H and O–H groups in total. The summed E-state index contributed by atoms with van der Waals surface area (Å²) in [5.74, 6) is 1.60. The maximum atomic E-state index is 13.4. The van der Waals surface area contributed by atoms with Crippen molar-refractivity contribution in [1.29, 1.82) is 0 Å². The standard InChI is InChI=1S/C41H58N6O6/c1-27-8-11-35-36(47(27)39(49)28-9-10-28)13-12-34(38(35)52-31-6-5-7-31)29-22-42-46(23-29)30-14-18-43(19-15-30)26-37(48)44-20-16-32(17-21-44)51-33-24-45(25-33)40(50)53-41(2,3)4/h12-13,22-23,27-28,30-33H,5-11,14-21,24-26H2,1-4H3/t27-/m0/s1. The Morgan fingerprint density at radius 2 is 1.58 bits per heavy atom. The van der Waals surface area contributed by atoms with Crippen LogP contribution in [0, 0.1) is 5.92 Å². The predicted molar refractivity (Wildman–Crippen MR) is 201 cm³/mol. The number of hydrogen-bond acceptors (Lipinski definition) is 8. The van der Waals surface area contributed by atoms with Gasteiger partial charge in [0.15, 0.2) is 0 Å². The topological polar surface area (TPSA) is 110 Å². The second kappa shape index (κ2) is 14.9. The lowest BCUT2D eigenvalue weighted by Crippen LogP contribution is -2.57. The van der Waals surface area contributed by atoms with Crippen molar-refractivity contribution >= 4 is 23.6 Å². The SMILES string of the molecule is C[C@H]1CCc2c(ccc(-c3cnn(C4CCN(CC(=O)N5CCC(OC6CN(C(=O)OC(C)(C)C)C6)CC5)CC4)c3)c2OC2CCC2)N1C(=O)C1CC1. The molecule has 53 heavy (non-hydrogen) atoms. The zero-order valence-corrected chi connectivity index (χ0v) is 32.1. The van der Waals surface area contributed by atoms with Gasteiger partial charge in [-0.2, -0.15) is 5.10 Å². The monoisotopic (exact) mass is 730 g/mol. The fourth-order valence-electron chi connectivity index (χ4n) is 8.51. The Morgan fingerprint density at radius 1 is 0.849 bits per heavy atom. The maximum absolute atomic E-state index is 13.4. The van der Waals surface area contributed by atoms with Gasteiger partial charge in [0.05, 0.1) is 55.9 Å². The summed E-state index contributed by atoms with van der Waals surface area (Å²) in [5, 5.41) is 4.86. The highest BCUT2D eigenvalue weighted by atomic mass is 16.6. The first-order valence-electron chi connectivity index (χ1n) is 20.3. The molecule has 288 valence electrons. The van der Waals surface area contributed by atoms with Crippen LogP contribution in [0.1, 0.15) is 104 Å². The molecule has 3 amide bonds. The van der Waals surface area contributed by atoms with E-state index in [1.807, 2.05) is 31.9 Å². The molecule has 1 aromatic carbocycles. The highest BCUT2D eigenvalue weighted by molar-refractivity contribution is 5.99. The van der Waals surface area contributed by atoms with Crippen molar-refractivity contribution in [3.63, 3.8) is 0 Å². The lowest BCUT2D eigenvalue weighted by molar-refractivity contribution is -0.139. The van der Waals surface area contributed by atoms with Gasteiger partial charge in [0.1, 0.15) is 11.4 Å². The highest BCUT2D eigenvalue weighted by Gasteiger charge is 2.40. The van der Waals surface area contributed by atoms with Crippen LogP contribution in [0.5, 0.6) is 5.75 Å². The predicted octanol–water partition coefficient (Wildman–Crippen LogP) is 5.82. The van der Waals surface area contributed by atoms with E-state index < -0.39 is 5.60 Å². The van der Waals surface area contributed by atoms with E-state index in [2.05, 4.69) is 39.7 Å². The zero-order valence-electron chi connectivity index (χ0n) is 32.1. The number of rotatable bonds is 9. The number of aromatic nitrogens is 2. The minimum atomic E-state index is -0.498. The fourth-order valence-corrected chi connectivity index (χ4v) is 8.51. The molecule has 0 bridgehead atoms. The van der Waals surface area contributed by atoms with E-state index in [1.165, 1.54) is 12.0 Å². The normalized spacial score (nSPS) is 23.7. The van der Waals surface area contributed by atoms with Gasteiger partial charge in [-0.3, -0.25) is 19.2 Å². The molecule has 12 heteroatoms. The molecule has 3 saturated heterocycles. The van der Waals surface area contributed by atoms with Gasteiger partial charge in [0.25, 0.3) is 0 Å². The Morgan fingerprint density at radius 3 is 2.25 bits per heavy atom. The molecule has 2 aliphatic carbocycles. The number of nitrogens with zero attached hydrogens (tertiary/aromatic N) is 6. The van der Waals surface area contributed by atoms with E-state index in [0.29, 0.717) is 32.7 Å². The van der Waals surface area contributed by atoms with E-state index in [9.17, 15) is 14.4 Å². The number of benzene rings is 1. The van der Waals surface area contributed by atoms with Crippen LogP contribution in [-0.2, 0) is 25.5 Å². The van der Waals surface area contributed by atoms with Gasteiger partial charge in [-0.15, -0.1) is 0 Å². The molecule has 5 fully saturated rings. The summed E-state index contributed by atoms with van der Waals surface area (Å²) in [6.07, 6.45) is 15.0. The first-order chi connectivity index (χ1) is 25.5. The van der Waals surface area contributed by atoms with E-state index >= 15 is 0 Å². The summed E-state index contributed by atoms with van der Waals surface area (Å²) in [6.45, 7) is 12.5. The minimum Gasteiger partial charge on any atom is -0.489 e. The number of anilines is 1. The Balaban J connectivity index is 0.826. The molecular weight excluding hydrogens is 672 g/mol. The molecule has 12 nitrogen and oxygen atoms in total. The van der Waals surface area contributed by atoms with Gasteiger partial charge in [-0.05, 0) is 110 Å². The summed E-state index contributed by atoms with van der Waals surface area (Å²) < 4.78 is 20.6. The van der Waals surface area contributed by atoms with Gasteiger partial charge >= 0.3 is 6.09 Å². The van der Waals surface area contributed by atoms with Crippen molar-refractivity contribution in [3.8, 4) is 16.9 Å². The molecule has 0 spiro atoms. The summed E-state index contributed by atoms with van der Waals surface area (Å²) in [4.78, 5) is 46.9. The largest absolute Gasteiger partial charge is 0.489 e. The molecule has 1 atom stereocenters. The van der Waals surface area contributed by atoms with Crippen LogP contribution >= 0.6 is 0 Å². The van der Waals surface area contributed by atoms with E-state index in [-0.39, 0.29) is 54.2 Å². The molecule has 1 aromatic heterocycles. The second-order valence-corrected chi connectivity index (χ2v) is 17.4. The number of carbonyl (C=O) groups excluding carboxylic acids is 3. The number of carbonyl (C=O) groups is 3. The number of amides is 3. The van der Waals surface area contributed by atoms with E-state index in [1.54, 1.807) is 4.90 Å². The number of fused-ring (bicyclic) bond motifs is 1. The van der Waals surface area contributed by atoms with E-state index in [0.717, 1.165) is 99.9 Å². The van der Waals surface area contributed by atoms with Gasteiger partial charge in [-0.1, -0.05) is 0 Å². The molecule has 5 heterocycles. The first kappa shape index (κ1) is 36.3.